The largest absolute Gasteiger partial charge is 0.507 e. The highest BCUT2D eigenvalue weighted by molar-refractivity contribution is 9.11. The van der Waals surface area contributed by atoms with Gasteiger partial charge < -0.3 is 21.7 Å². The average Bonchev–Trinajstić information content (AvgIpc) is 2.44. The van der Waals surface area contributed by atoms with Gasteiger partial charge in [-0.2, -0.15) is 0 Å². The van der Waals surface area contributed by atoms with Crippen molar-refractivity contribution in [2.24, 2.45) is 0 Å². The second-order valence-corrected chi connectivity index (χ2v) is 6.45. The number of hydrogen-bond acceptors (Lipinski definition) is 6. The number of aromatic hydroxyl groups is 2. The summed E-state index contributed by atoms with van der Waals surface area (Å²) in [6.07, 6.45) is 0. The molecule has 112 valence electrons. The van der Waals surface area contributed by atoms with Crippen molar-refractivity contribution >= 4 is 54.8 Å². The van der Waals surface area contributed by atoms with E-state index < -0.39 is 23.1 Å². The van der Waals surface area contributed by atoms with Crippen LogP contribution in [-0.4, -0.2) is 21.8 Å². The van der Waals surface area contributed by atoms with E-state index >= 15 is 0 Å². The molecule has 6 N–H and O–H groups in total. The van der Waals surface area contributed by atoms with E-state index in [9.17, 15) is 19.8 Å². The summed E-state index contributed by atoms with van der Waals surface area (Å²) in [5.74, 6) is -2.15. The Labute approximate surface area is 141 Å². The second-order valence-electron chi connectivity index (χ2n) is 4.75. The van der Waals surface area contributed by atoms with Crippen LogP contribution in [-0.2, 0) is 0 Å². The van der Waals surface area contributed by atoms with Crippen LogP contribution in [0, 0.1) is 0 Å². The lowest BCUT2D eigenvalue weighted by Crippen LogP contribution is -2.24. The van der Waals surface area contributed by atoms with Gasteiger partial charge in [0.25, 0.3) is 0 Å². The molecule has 2 aromatic carbocycles. The molecule has 22 heavy (non-hydrogen) atoms. The van der Waals surface area contributed by atoms with Gasteiger partial charge in [-0.1, -0.05) is 0 Å². The standard InChI is InChI=1S/C14H8Br2N2O4/c15-3-2-6(19)8-9(11(3)18)13(21)7-5(17)1-4(16)12(20)10(7)14(8)22/h1-2,19-20H,17-18H2. The first kappa shape index (κ1) is 14.9. The number of ketones is 2. The molecule has 0 saturated carbocycles. The first-order valence-electron chi connectivity index (χ1n) is 5.97. The van der Waals surface area contributed by atoms with E-state index in [0.717, 1.165) is 0 Å². The number of anilines is 2. The molecule has 0 radical (unpaired) electrons. The second kappa shape index (κ2) is 4.72. The van der Waals surface area contributed by atoms with Gasteiger partial charge in [-0.3, -0.25) is 9.59 Å². The van der Waals surface area contributed by atoms with Crippen molar-refractivity contribution in [3.63, 3.8) is 0 Å². The molecule has 0 aliphatic heterocycles. The molecule has 0 saturated heterocycles. The van der Waals surface area contributed by atoms with Gasteiger partial charge in [0.05, 0.1) is 32.4 Å². The summed E-state index contributed by atoms with van der Waals surface area (Å²) in [6.45, 7) is 0. The van der Waals surface area contributed by atoms with Crippen LogP contribution in [0.1, 0.15) is 31.8 Å². The molecule has 0 heterocycles. The van der Waals surface area contributed by atoms with E-state index in [1.807, 2.05) is 0 Å². The number of fused-ring (bicyclic) bond motifs is 2. The lowest BCUT2D eigenvalue weighted by molar-refractivity contribution is 0.0975. The topological polar surface area (TPSA) is 127 Å². The molecule has 3 rings (SSSR count). The minimum atomic E-state index is -0.716. The lowest BCUT2D eigenvalue weighted by atomic mass is 9.81. The zero-order valence-electron chi connectivity index (χ0n) is 10.8. The maximum Gasteiger partial charge on any atom is 0.202 e. The molecule has 0 aromatic heterocycles. The monoisotopic (exact) mass is 426 g/mol. The fourth-order valence-electron chi connectivity index (χ4n) is 2.49. The van der Waals surface area contributed by atoms with Crippen molar-refractivity contribution in [2.45, 2.75) is 0 Å². The van der Waals surface area contributed by atoms with Gasteiger partial charge in [-0.05, 0) is 44.0 Å². The molecule has 1 aliphatic rings. The van der Waals surface area contributed by atoms with E-state index in [1.165, 1.54) is 12.1 Å². The lowest BCUT2D eigenvalue weighted by Gasteiger charge is -2.23. The Morgan fingerprint density at radius 1 is 0.818 bits per heavy atom. The molecule has 0 unspecified atom stereocenters. The molecule has 6 nitrogen and oxygen atoms in total. The number of carbonyl (C=O) groups excluding carboxylic acids is 2. The summed E-state index contributed by atoms with van der Waals surface area (Å²) >= 11 is 6.19. The smallest absolute Gasteiger partial charge is 0.202 e. The Morgan fingerprint density at radius 3 is 2.05 bits per heavy atom. The van der Waals surface area contributed by atoms with Gasteiger partial charge >= 0.3 is 0 Å². The number of phenolic OH excluding ortho intramolecular Hbond substituents is 2. The molecule has 0 amide bonds. The molecule has 0 spiro atoms. The summed E-state index contributed by atoms with van der Waals surface area (Å²) in [4.78, 5) is 25.3. The maximum absolute atomic E-state index is 12.7. The predicted octanol–water partition coefficient (Wildman–Crippen LogP) is 2.56. The van der Waals surface area contributed by atoms with Crippen LogP contribution in [0.15, 0.2) is 21.1 Å². The number of carbonyl (C=O) groups is 2. The molecular weight excluding hydrogens is 420 g/mol. The number of nitrogens with two attached hydrogens (primary N) is 2. The molecular formula is C14H8Br2N2O4. The maximum atomic E-state index is 12.7. The van der Waals surface area contributed by atoms with Gasteiger partial charge in [-0.15, -0.1) is 0 Å². The van der Waals surface area contributed by atoms with Crippen LogP contribution in [0.4, 0.5) is 11.4 Å². The summed E-state index contributed by atoms with van der Waals surface area (Å²) in [6, 6.07) is 2.56. The highest BCUT2D eigenvalue weighted by Crippen LogP contribution is 2.45. The zero-order valence-corrected chi connectivity index (χ0v) is 13.9. The first-order valence-corrected chi connectivity index (χ1v) is 7.55. The van der Waals surface area contributed by atoms with Gasteiger partial charge in [0.2, 0.25) is 5.78 Å². The fraction of sp³-hybridized carbons (Fsp3) is 0. The fourth-order valence-corrected chi connectivity index (χ4v) is 3.35. The van der Waals surface area contributed by atoms with Crippen molar-refractivity contribution < 1.29 is 19.8 Å². The quantitative estimate of drug-likeness (QED) is 0.322. The van der Waals surface area contributed by atoms with Gasteiger partial charge in [0.1, 0.15) is 11.5 Å². The summed E-state index contributed by atoms with van der Waals surface area (Å²) in [7, 11) is 0. The molecule has 0 bridgehead atoms. The normalized spacial score (nSPS) is 13.0. The van der Waals surface area contributed by atoms with Crippen LogP contribution in [0.25, 0.3) is 0 Å². The van der Waals surface area contributed by atoms with Crippen LogP contribution < -0.4 is 11.5 Å². The summed E-state index contributed by atoms with van der Waals surface area (Å²) < 4.78 is 0.464. The van der Waals surface area contributed by atoms with Crippen molar-refractivity contribution in [3.8, 4) is 11.5 Å². The summed E-state index contributed by atoms with van der Waals surface area (Å²) in [5, 5.41) is 20.1. The SMILES string of the molecule is Nc1cc(Br)c(O)c2c1C(=O)c1c(N)c(Br)cc(O)c1C2=O. The number of phenols is 2. The third kappa shape index (κ3) is 1.77. The molecule has 0 atom stereocenters. The molecule has 0 fully saturated rings. The number of rotatable bonds is 0. The Hall–Kier alpha value is -2.06. The number of nitrogen functional groups attached to an aromatic ring is 2. The first-order chi connectivity index (χ1) is 10.3. The third-order valence-corrected chi connectivity index (χ3v) is 4.75. The van der Waals surface area contributed by atoms with E-state index in [1.54, 1.807) is 0 Å². The molecule has 1 aliphatic carbocycles. The zero-order chi connectivity index (χ0) is 16.3. The highest BCUT2D eigenvalue weighted by atomic mass is 79.9. The molecule has 2 aromatic rings. The van der Waals surface area contributed by atoms with Gasteiger partial charge in [0, 0.05) is 10.2 Å². The summed E-state index contributed by atoms with van der Waals surface area (Å²) in [5.41, 5.74) is 11.0. The average molecular weight is 428 g/mol. The van der Waals surface area contributed by atoms with Crippen LogP contribution >= 0.6 is 31.9 Å². The van der Waals surface area contributed by atoms with E-state index in [-0.39, 0.29) is 42.6 Å². The van der Waals surface area contributed by atoms with E-state index in [0.29, 0.717) is 0 Å². The van der Waals surface area contributed by atoms with Crippen molar-refractivity contribution in [3.05, 3.63) is 43.3 Å². The number of hydrogen-bond donors (Lipinski definition) is 4. The van der Waals surface area contributed by atoms with Crippen molar-refractivity contribution in [1.82, 2.24) is 0 Å². The highest BCUT2D eigenvalue weighted by Gasteiger charge is 2.38. The van der Waals surface area contributed by atoms with Crippen molar-refractivity contribution in [1.29, 1.82) is 0 Å². The Balaban J connectivity index is 2.49. The predicted molar refractivity (Wildman–Crippen MR) is 87.3 cm³/mol. The van der Waals surface area contributed by atoms with Crippen LogP contribution in [0.5, 0.6) is 11.5 Å². The minimum Gasteiger partial charge on any atom is -0.507 e. The number of halogens is 2. The molecule has 8 heteroatoms. The Bertz CT molecular complexity index is 820. The van der Waals surface area contributed by atoms with Crippen LogP contribution in [0.2, 0.25) is 0 Å². The van der Waals surface area contributed by atoms with Crippen molar-refractivity contribution in [2.75, 3.05) is 11.5 Å². The number of benzene rings is 2. The van der Waals surface area contributed by atoms with Crippen LogP contribution in [0.3, 0.4) is 0 Å². The Kier molecular flexibility index (Phi) is 3.19. The van der Waals surface area contributed by atoms with Gasteiger partial charge in [-0.25, -0.2) is 0 Å². The van der Waals surface area contributed by atoms with E-state index in [4.69, 9.17) is 11.5 Å². The van der Waals surface area contributed by atoms with Gasteiger partial charge in [0.15, 0.2) is 5.78 Å². The Morgan fingerprint density at radius 2 is 1.41 bits per heavy atom. The van der Waals surface area contributed by atoms with E-state index in [2.05, 4.69) is 31.9 Å². The minimum absolute atomic E-state index is 0.0265. The third-order valence-electron chi connectivity index (χ3n) is 3.49.